The number of aromatic amines is 1. The second kappa shape index (κ2) is 6.82. The molecule has 2 rings (SSSR count). The number of H-pyrrole nitrogens is 1. The minimum Gasteiger partial charge on any atom is -0.497 e. The maximum absolute atomic E-state index is 11.8. The minimum absolute atomic E-state index is 0.140. The number of methoxy groups -OCH3 is 1. The zero-order valence-corrected chi connectivity index (χ0v) is 14.2. The molecule has 0 saturated heterocycles. The van der Waals surface area contributed by atoms with E-state index in [0.717, 1.165) is 16.5 Å². The highest BCUT2D eigenvalue weighted by Crippen LogP contribution is 2.24. The number of hydrogen-bond donors (Lipinski definition) is 3. The van der Waals surface area contributed by atoms with Crippen molar-refractivity contribution in [3.63, 3.8) is 0 Å². The van der Waals surface area contributed by atoms with Gasteiger partial charge in [0.1, 0.15) is 17.4 Å². The maximum Gasteiger partial charge on any atom is 0.408 e. The van der Waals surface area contributed by atoms with Crippen LogP contribution in [-0.2, 0) is 16.0 Å². The molecule has 0 unspecified atom stereocenters. The van der Waals surface area contributed by atoms with Crippen LogP contribution in [0, 0.1) is 0 Å². The fourth-order valence-corrected chi connectivity index (χ4v) is 2.33. The summed E-state index contributed by atoms with van der Waals surface area (Å²) in [5.41, 5.74) is 0.937. The van der Waals surface area contributed by atoms with Crippen LogP contribution in [0.5, 0.6) is 5.75 Å². The quantitative estimate of drug-likeness (QED) is 0.780. The highest BCUT2D eigenvalue weighted by molar-refractivity contribution is 5.86. The molecule has 2 aromatic rings. The molecule has 1 aromatic carbocycles. The lowest BCUT2D eigenvalue weighted by Crippen LogP contribution is -2.44. The van der Waals surface area contributed by atoms with Gasteiger partial charge < -0.3 is 24.9 Å². The smallest absolute Gasteiger partial charge is 0.408 e. The van der Waals surface area contributed by atoms with Crippen LogP contribution in [0.1, 0.15) is 26.3 Å². The number of carbonyl (C=O) groups is 2. The number of aromatic nitrogens is 1. The lowest BCUT2D eigenvalue weighted by Gasteiger charge is -2.22. The first-order chi connectivity index (χ1) is 11.2. The van der Waals surface area contributed by atoms with E-state index in [9.17, 15) is 14.7 Å². The van der Waals surface area contributed by atoms with Gasteiger partial charge in [0.2, 0.25) is 0 Å². The summed E-state index contributed by atoms with van der Waals surface area (Å²) in [6.45, 7) is 5.15. The number of fused-ring (bicyclic) bond motifs is 1. The van der Waals surface area contributed by atoms with E-state index < -0.39 is 23.7 Å². The summed E-state index contributed by atoms with van der Waals surface area (Å²) in [4.78, 5) is 26.4. The van der Waals surface area contributed by atoms with Crippen LogP contribution in [-0.4, -0.2) is 40.9 Å². The second-order valence-electron chi connectivity index (χ2n) is 6.47. The number of amides is 1. The molecule has 130 valence electrons. The van der Waals surface area contributed by atoms with E-state index >= 15 is 0 Å². The Morgan fingerprint density at radius 1 is 1.33 bits per heavy atom. The first kappa shape index (κ1) is 17.7. The third-order valence-corrected chi connectivity index (χ3v) is 3.39. The Morgan fingerprint density at radius 3 is 2.62 bits per heavy atom. The average Bonchev–Trinajstić information content (AvgIpc) is 2.86. The second-order valence-corrected chi connectivity index (χ2v) is 6.47. The van der Waals surface area contributed by atoms with Gasteiger partial charge in [-0.25, -0.2) is 9.59 Å². The van der Waals surface area contributed by atoms with Gasteiger partial charge in [0.15, 0.2) is 0 Å². The maximum atomic E-state index is 11.8. The molecule has 0 spiro atoms. The molecule has 1 aromatic heterocycles. The standard InChI is InChI=1S/C17H22N2O5/c1-17(2,3)24-16(22)19-14(15(20)21)7-10-9-18-13-8-11(23-4)5-6-12(10)13/h5-6,8-9,14,18H,7H2,1-4H3,(H,19,22)(H,20,21)/t14-/m0/s1. The van der Waals surface area contributed by atoms with Crippen LogP contribution in [0.15, 0.2) is 24.4 Å². The van der Waals surface area contributed by atoms with Crippen LogP contribution in [0.2, 0.25) is 0 Å². The Morgan fingerprint density at radius 2 is 2.04 bits per heavy atom. The molecule has 3 N–H and O–H groups in total. The van der Waals surface area contributed by atoms with E-state index in [2.05, 4.69) is 10.3 Å². The topological polar surface area (TPSA) is 101 Å². The van der Waals surface area contributed by atoms with Gasteiger partial charge >= 0.3 is 12.1 Å². The molecule has 1 heterocycles. The molecule has 7 nitrogen and oxygen atoms in total. The van der Waals surface area contributed by atoms with Crippen molar-refractivity contribution >= 4 is 23.0 Å². The summed E-state index contributed by atoms with van der Waals surface area (Å²) >= 11 is 0. The molecular weight excluding hydrogens is 312 g/mol. The number of carbonyl (C=O) groups excluding carboxylic acids is 1. The molecular formula is C17H22N2O5. The number of carboxylic acids is 1. The molecule has 1 amide bonds. The fourth-order valence-electron chi connectivity index (χ4n) is 2.33. The SMILES string of the molecule is COc1ccc2c(C[C@H](NC(=O)OC(C)(C)C)C(=O)O)c[nH]c2c1. The summed E-state index contributed by atoms with van der Waals surface area (Å²) in [5, 5.41) is 12.7. The Kier molecular flexibility index (Phi) is 5.02. The van der Waals surface area contributed by atoms with Crippen molar-refractivity contribution in [3.8, 4) is 5.75 Å². The van der Waals surface area contributed by atoms with Crippen molar-refractivity contribution in [3.05, 3.63) is 30.0 Å². The molecule has 0 aliphatic heterocycles. The van der Waals surface area contributed by atoms with Gasteiger partial charge in [-0.2, -0.15) is 0 Å². The lowest BCUT2D eigenvalue weighted by molar-refractivity contribution is -0.139. The number of carboxylic acid groups (broad SMARTS) is 1. The van der Waals surface area contributed by atoms with Crippen molar-refractivity contribution in [2.45, 2.75) is 38.8 Å². The Hall–Kier alpha value is -2.70. The average molecular weight is 334 g/mol. The molecule has 7 heteroatoms. The largest absolute Gasteiger partial charge is 0.497 e. The molecule has 0 saturated carbocycles. The van der Waals surface area contributed by atoms with E-state index in [-0.39, 0.29) is 6.42 Å². The van der Waals surface area contributed by atoms with Gasteiger partial charge in [-0.15, -0.1) is 0 Å². The van der Waals surface area contributed by atoms with Gasteiger partial charge in [-0.3, -0.25) is 0 Å². The van der Waals surface area contributed by atoms with Gasteiger partial charge in [0.05, 0.1) is 7.11 Å². The van der Waals surface area contributed by atoms with E-state index in [0.29, 0.717) is 5.75 Å². The zero-order chi connectivity index (χ0) is 17.9. The molecule has 0 fully saturated rings. The lowest BCUT2D eigenvalue weighted by atomic mass is 10.1. The predicted molar refractivity (Wildman–Crippen MR) is 89.3 cm³/mol. The van der Waals surface area contributed by atoms with E-state index in [4.69, 9.17) is 9.47 Å². The number of alkyl carbamates (subject to hydrolysis) is 1. The van der Waals surface area contributed by atoms with E-state index in [1.54, 1.807) is 40.1 Å². The third kappa shape index (κ3) is 4.41. The molecule has 0 bridgehead atoms. The zero-order valence-electron chi connectivity index (χ0n) is 14.2. The van der Waals surface area contributed by atoms with Crippen molar-refractivity contribution in [2.75, 3.05) is 7.11 Å². The van der Waals surface area contributed by atoms with Crippen LogP contribution in [0.25, 0.3) is 10.9 Å². The third-order valence-electron chi connectivity index (χ3n) is 3.39. The van der Waals surface area contributed by atoms with Crippen LogP contribution < -0.4 is 10.1 Å². The van der Waals surface area contributed by atoms with Gasteiger partial charge in [0.25, 0.3) is 0 Å². The summed E-state index contributed by atoms with van der Waals surface area (Å²) in [6.07, 6.45) is 1.12. The highest BCUT2D eigenvalue weighted by atomic mass is 16.6. The number of hydrogen-bond acceptors (Lipinski definition) is 4. The normalized spacial score (nSPS) is 12.7. The number of rotatable bonds is 5. The summed E-state index contributed by atoms with van der Waals surface area (Å²) < 4.78 is 10.3. The Balaban J connectivity index is 2.16. The van der Waals surface area contributed by atoms with Crippen LogP contribution in [0.4, 0.5) is 4.79 Å². The van der Waals surface area contributed by atoms with Gasteiger partial charge in [0, 0.05) is 29.6 Å². The highest BCUT2D eigenvalue weighted by Gasteiger charge is 2.25. The van der Waals surface area contributed by atoms with Gasteiger partial charge in [-0.1, -0.05) is 0 Å². The van der Waals surface area contributed by atoms with E-state index in [1.807, 2.05) is 12.1 Å². The van der Waals surface area contributed by atoms with Crippen molar-refractivity contribution in [1.82, 2.24) is 10.3 Å². The minimum atomic E-state index is -1.12. The van der Waals surface area contributed by atoms with Crippen molar-refractivity contribution in [2.24, 2.45) is 0 Å². The van der Waals surface area contributed by atoms with E-state index in [1.165, 1.54) is 0 Å². The fraction of sp³-hybridized carbons (Fsp3) is 0.412. The molecule has 0 radical (unpaired) electrons. The van der Waals surface area contributed by atoms with Gasteiger partial charge in [-0.05, 0) is 38.5 Å². The summed E-state index contributed by atoms with van der Waals surface area (Å²) in [7, 11) is 1.58. The number of benzene rings is 1. The number of aliphatic carboxylic acids is 1. The molecule has 1 atom stereocenters. The number of nitrogens with one attached hydrogen (secondary N) is 2. The van der Waals surface area contributed by atoms with Crippen molar-refractivity contribution in [1.29, 1.82) is 0 Å². The Bertz CT molecular complexity index is 745. The van der Waals surface area contributed by atoms with Crippen LogP contribution in [0.3, 0.4) is 0 Å². The summed E-state index contributed by atoms with van der Waals surface area (Å²) in [6, 6.07) is 4.40. The first-order valence-corrected chi connectivity index (χ1v) is 7.56. The first-order valence-electron chi connectivity index (χ1n) is 7.56. The summed E-state index contributed by atoms with van der Waals surface area (Å²) in [5.74, 6) is -0.415. The molecule has 24 heavy (non-hydrogen) atoms. The number of ether oxygens (including phenoxy) is 2. The molecule has 0 aliphatic rings. The Labute approximate surface area is 140 Å². The predicted octanol–water partition coefficient (Wildman–Crippen LogP) is 2.70. The molecule has 0 aliphatic carbocycles. The van der Waals surface area contributed by atoms with Crippen molar-refractivity contribution < 1.29 is 24.2 Å². The monoisotopic (exact) mass is 334 g/mol. The van der Waals surface area contributed by atoms with Crippen LogP contribution >= 0.6 is 0 Å².